The first kappa shape index (κ1) is 14.7. The molecule has 0 saturated heterocycles. The zero-order valence-electron chi connectivity index (χ0n) is 11.3. The van der Waals surface area contributed by atoms with Gasteiger partial charge >= 0.3 is 0 Å². The molecule has 20 heavy (non-hydrogen) atoms. The average molecular weight is 337 g/mol. The van der Waals surface area contributed by atoms with Crippen LogP contribution in [0, 0.1) is 0 Å². The number of nitrogens with zero attached hydrogens (tertiary/aromatic N) is 3. The molecule has 1 aromatic heterocycles. The highest BCUT2D eigenvalue weighted by atomic mass is 79.9. The third-order valence-corrected chi connectivity index (χ3v) is 3.43. The zero-order valence-corrected chi connectivity index (χ0v) is 12.9. The van der Waals surface area contributed by atoms with E-state index in [2.05, 4.69) is 43.5 Å². The lowest BCUT2D eigenvalue weighted by Crippen LogP contribution is -2.34. The van der Waals surface area contributed by atoms with Crippen LogP contribution >= 0.6 is 15.9 Å². The molecule has 6 heteroatoms. The van der Waals surface area contributed by atoms with Crippen molar-refractivity contribution in [2.75, 3.05) is 0 Å². The van der Waals surface area contributed by atoms with Crippen LogP contribution in [-0.2, 0) is 17.8 Å². The van der Waals surface area contributed by atoms with Gasteiger partial charge in [0.1, 0.15) is 12.7 Å². The van der Waals surface area contributed by atoms with E-state index in [0.29, 0.717) is 13.0 Å². The van der Waals surface area contributed by atoms with Gasteiger partial charge in [0.15, 0.2) is 0 Å². The zero-order chi connectivity index (χ0) is 14.4. The van der Waals surface area contributed by atoms with Gasteiger partial charge in [-0.3, -0.25) is 9.48 Å². The standard InChI is InChI=1S/C14H17BrN4O/c1-11(8-12-2-4-13(15)5-3-12)18-14(20)6-7-19-10-16-9-17-19/h2-5,9-11H,6-8H2,1H3,(H,18,20). The minimum atomic E-state index is 0.0325. The van der Waals surface area contributed by atoms with Gasteiger partial charge in [0.2, 0.25) is 5.91 Å². The largest absolute Gasteiger partial charge is 0.353 e. The summed E-state index contributed by atoms with van der Waals surface area (Å²) in [6.45, 7) is 2.56. The molecule has 0 saturated carbocycles. The van der Waals surface area contributed by atoms with E-state index in [0.717, 1.165) is 10.9 Å². The molecule has 1 amide bonds. The van der Waals surface area contributed by atoms with Crippen LogP contribution in [0.25, 0.3) is 0 Å². The van der Waals surface area contributed by atoms with Crippen LogP contribution < -0.4 is 5.32 Å². The molecular weight excluding hydrogens is 320 g/mol. The van der Waals surface area contributed by atoms with E-state index < -0.39 is 0 Å². The van der Waals surface area contributed by atoms with Crippen molar-refractivity contribution in [2.45, 2.75) is 32.4 Å². The van der Waals surface area contributed by atoms with E-state index in [1.165, 1.54) is 11.9 Å². The van der Waals surface area contributed by atoms with Gasteiger partial charge in [0.25, 0.3) is 0 Å². The van der Waals surface area contributed by atoms with Crippen LogP contribution in [0.4, 0.5) is 0 Å². The van der Waals surface area contributed by atoms with Crippen molar-refractivity contribution in [3.8, 4) is 0 Å². The van der Waals surface area contributed by atoms with Crippen molar-refractivity contribution in [3.63, 3.8) is 0 Å². The Hall–Kier alpha value is -1.69. The number of nitrogens with one attached hydrogen (secondary N) is 1. The second-order valence-corrected chi connectivity index (χ2v) is 5.62. The SMILES string of the molecule is CC(Cc1ccc(Br)cc1)NC(=O)CCn1cncn1. The Morgan fingerprint density at radius 1 is 1.40 bits per heavy atom. The number of halogens is 1. The summed E-state index contributed by atoms with van der Waals surface area (Å²) in [6, 6.07) is 8.24. The van der Waals surface area contributed by atoms with E-state index in [9.17, 15) is 4.79 Å². The van der Waals surface area contributed by atoms with E-state index in [-0.39, 0.29) is 11.9 Å². The number of amides is 1. The van der Waals surface area contributed by atoms with Crippen LogP contribution in [0.1, 0.15) is 18.9 Å². The van der Waals surface area contributed by atoms with E-state index in [1.807, 2.05) is 19.1 Å². The van der Waals surface area contributed by atoms with Gasteiger partial charge in [-0.1, -0.05) is 28.1 Å². The van der Waals surface area contributed by atoms with E-state index in [4.69, 9.17) is 0 Å². The van der Waals surface area contributed by atoms with Crippen molar-refractivity contribution in [3.05, 3.63) is 47.0 Å². The summed E-state index contributed by atoms with van der Waals surface area (Å²) in [5.41, 5.74) is 1.21. The van der Waals surface area contributed by atoms with Crippen molar-refractivity contribution < 1.29 is 4.79 Å². The summed E-state index contributed by atoms with van der Waals surface area (Å²) >= 11 is 3.41. The fourth-order valence-electron chi connectivity index (χ4n) is 1.94. The summed E-state index contributed by atoms with van der Waals surface area (Å²) in [4.78, 5) is 15.7. The minimum absolute atomic E-state index is 0.0325. The molecule has 2 aromatic rings. The number of aromatic nitrogens is 3. The van der Waals surface area contributed by atoms with Gasteiger partial charge in [0.05, 0.1) is 6.54 Å². The molecule has 1 heterocycles. The normalized spacial score (nSPS) is 12.1. The van der Waals surface area contributed by atoms with Crippen molar-refractivity contribution in [1.29, 1.82) is 0 Å². The third-order valence-electron chi connectivity index (χ3n) is 2.90. The fourth-order valence-corrected chi connectivity index (χ4v) is 2.20. The third kappa shape index (κ3) is 4.77. The maximum atomic E-state index is 11.8. The number of carbonyl (C=O) groups excluding carboxylic acids is 1. The first-order chi connectivity index (χ1) is 9.63. The van der Waals surface area contributed by atoms with E-state index in [1.54, 1.807) is 11.0 Å². The second kappa shape index (κ2) is 7.19. The minimum Gasteiger partial charge on any atom is -0.353 e. The Morgan fingerprint density at radius 2 is 2.15 bits per heavy atom. The van der Waals surface area contributed by atoms with Gasteiger partial charge in [-0.15, -0.1) is 0 Å². The highest BCUT2D eigenvalue weighted by Crippen LogP contribution is 2.11. The first-order valence-electron chi connectivity index (χ1n) is 6.49. The first-order valence-corrected chi connectivity index (χ1v) is 7.29. The van der Waals surface area contributed by atoms with Crippen molar-refractivity contribution >= 4 is 21.8 Å². The van der Waals surface area contributed by atoms with Gasteiger partial charge in [-0.25, -0.2) is 4.98 Å². The smallest absolute Gasteiger partial charge is 0.222 e. The van der Waals surface area contributed by atoms with Gasteiger partial charge in [-0.2, -0.15) is 5.10 Å². The molecule has 1 aromatic carbocycles. The molecule has 2 rings (SSSR count). The molecule has 1 N–H and O–H groups in total. The maximum absolute atomic E-state index is 11.8. The highest BCUT2D eigenvalue weighted by Gasteiger charge is 2.08. The lowest BCUT2D eigenvalue weighted by molar-refractivity contribution is -0.121. The number of carbonyl (C=O) groups is 1. The van der Waals surface area contributed by atoms with Crippen LogP contribution in [-0.4, -0.2) is 26.7 Å². The van der Waals surface area contributed by atoms with E-state index >= 15 is 0 Å². The quantitative estimate of drug-likeness (QED) is 0.879. The van der Waals surface area contributed by atoms with Crippen LogP contribution in [0.3, 0.4) is 0 Å². The Balaban J connectivity index is 1.74. The second-order valence-electron chi connectivity index (χ2n) is 4.71. The molecule has 106 valence electrons. The molecule has 0 aliphatic carbocycles. The number of hydrogen-bond donors (Lipinski definition) is 1. The number of hydrogen-bond acceptors (Lipinski definition) is 3. The van der Waals surface area contributed by atoms with Gasteiger partial charge < -0.3 is 5.32 Å². The lowest BCUT2D eigenvalue weighted by Gasteiger charge is -2.14. The highest BCUT2D eigenvalue weighted by molar-refractivity contribution is 9.10. The predicted molar refractivity (Wildman–Crippen MR) is 80.1 cm³/mol. The number of benzene rings is 1. The Kier molecular flexibility index (Phi) is 5.29. The molecule has 1 atom stereocenters. The molecule has 0 aliphatic heterocycles. The molecule has 0 radical (unpaired) electrons. The molecule has 0 bridgehead atoms. The summed E-state index contributed by atoms with van der Waals surface area (Å²) in [7, 11) is 0. The molecule has 0 aliphatic rings. The predicted octanol–water partition coefficient (Wildman–Crippen LogP) is 2.18. The Labute approximate surface area is 126 Å². The summed E-state index contributed by atoms with van der Waals surface area (Å²) < 4.78 is 2.71. The molecule has 0 spiro atoms. The number of rotatable bonds is 6. The fraction of sp³-hybridized carbons (Fsp3) is 0.357. The number of aryl methyl sites for hydroxylation is 1. The lowest BCUT2D eigenvalue weighted by atomic mass is 10.1. The topological polar surface area (TPSA) is 59.8 Å². The van der Waals surface area contributed by atoms with Crippen molar-refractivity contribution in [1.82, 2.24) is 20.1 Å². The molecular formula is C14H17BrN4O. The van der Waals surface area contributed by atoms with Gasteiger partial charge in [-0.05, 0) is 31.0 Å². The Morgan fingerprint density at radius 3 is 2.80 bits per heavy atom. The summed E-state index contributed by atoms with van der Waals surface area (Å²) in [6.07, 6.45) is 4.31. The molecule has 0 fully saturated rings. The molecule has 5 nitrogen and oxygen atoms in total. The summed E-state index contributed by atoms with van der Waals surface area (Å²) in [5.74, 6) is 0.0325. The van der Waals surface area contributed by atoms with Crippen LogP contribution in [0.2, 0.25) is 0 Å². The van der Waals surface area contributed by atoms with Crippen LogP contribution in [0.15, 0.2) is 41.4 Å². The maximum Gasteiger partial charge on any atom is 0.222 e. The summed E-state index contributed by atoms with van der Waals surface area (Å²) in [5, 5.41) is 6.96. The average Bonchev–Trinajstić information content (AvgIpc) is 2.92. The monoisotopic (exact) mass is 336 g/mol. The molecule has 1 unspecified atom stereocenters. The van der Waals surface area contributed by atoms with Gasteiger partial charge in [0, 0.05) is 16.9 Å². The van der Waals surface area contributed by atoms with Crippen LogP contribution in [0.5, 0.6) is 0 Å². The van der Waals surface area contributed by atoms with Crippen molar-refractivity contribution in [2.24, 2.45) is 0 Å². The Bertz CT molecular complexity index is 539.